The molecule has 0 aromatic heterocycles. The van der Waals surface area contributed by atoms with Gasteiger partial charge in [0.25, 0.3) is 0 Å². The van der Waals surface area contributed by atoms with Gasteiger partial charge in [-0.3, -0.25) is 0 Å². The van der Waals surface area contributed by atoms with Gasteiger partial charge in [-0.2, -0.15) is 0 Å². The Bertz CT molecular complexity index is 372. The fourth-order valence-electron chi connectivity index (χ4n) is 1.97. The van der Waals surface area contributed by atoms with Gasteiger partial charge >= 0.3 is 0 Å². The smallest absolute Gasteiger partial charge is 0.130 e. The third-order valence-corrected chi connectivity index (χ3v) is 3.74. The number of rotatable bonds is 2. The zero-order chi connectivity index (χ0) is 10.3. The third-order valence-electron chi connectivity index (χ3n) is 3.11. The monoisotopic (exact) mass is 255 g/mol. The second-order valence-corrected chi connectivity index (χ2v) is 4.96. The van der Waals surface area contributed by atoms with Gasteiger partial charge < -0.3 is 10.8 Å². The molecule has 3 N–H and O–H groups in total. The predicted octanol–water partition coefficient (Wildman–Crippen LogP) is 2.45. The minimum absolute atomic E-state index is 0.155. The van der Waals surface area contributed by atoms with Crippen LogP contribution in [0.1, 0.15) is 24.0 Å². The van der Waals surface area contributed by atoms with E-state index in [0.29, 0.717) is 12.3 Å². The van der Waals surface area contributed by atoms with Crippen molar-refractivity contribution in [3.8, 4) is 5.75 Å². The first kappa shape index (κ1) is 9.99. The van der Waals surface area contributed by atoms with E-state index < -0.39 is 0 Å². The Morgan fingerprint density at radius 2 is 2.14 bits per heavy atom. The van der Waals surface area contributed by atoms with E-state index >= 15 is 0 Å². The summed E-state index contributed by atoms with van der Waals surface area (Å²) >= 11 is 3.31. The van der Waals surface area contributed by atoms with E-state index in [2.05, 4.69) is 22.9 Å². The highest BCUT2D eigenvalue weighted by molar-refractivity contribution is 9.10. The molecule has 14 heavy (non-hydrogen) atoms. The zero-order valence-electron chi connectivity index (χ0n) is 8.18. The van der Waals surface area contributed by atoms with Crippen LogP contribution in [0.4, 0.5) is 0 Å². The van der Waals surface area contributed by atoms with Crippen molar-refractivity contribution in [3.63, 3.8) is 0 Å². The van der Waals surface area contributed by atoms with Crippen LogP contribution in [-0.4, -0.2) is 11.7 Å². The number of phenols is 1. The van der Waals surface area contributed by atoms with Gasteiger partial charge in [-0.05, 0) is 59.0 Å². The van der Waals surface area contributed by atoms with Gasteiger partial charge in [-0.15, -0.1) is 0 Å². The first-order valence-corrected chi connectivity index (χ1v) is 5.58. The molecule has 1 aliphatic carbocycles. The summed E-state index contributed by atoms with van der Waals surface area (Å²) < 4.78 is 0.756. The molecular formula is C11H14BrNO. The molecule has 0 saturated heterocycles. The maximum absolute atomic E-state index is 9.62. The molecule has 2 nitrogen and oxygen atoms in total. The van der Waals surface area contributed by atoms with Crippen molar-refractivity contribution in [2.24, 2.45) is 5.73 Å². The lowest BCUT2D eigenvalue weighted by Gasteiger charge is -2.16. The summed E-state index contributed by atoms with van der Waals surface area (Å²) in [6, 6.07) is 3.81. The zero-order valence-corrected chi connectivity index (χ0v) is 9.76. The highest BCUT2D eigenvalue weighted by atomic mass is 79.9. The molecular weight excluding hydrogens is 242 g/mol. The maximum Gasteiger partial charge on any atom is 0.130 e. The maximum atomic E-state index is 9.62. The molecule has 76 valence electrons. The molecule has 2 rings (SSSR count). The SMILES string of the molecule is Cc1cc(Br)c(O)cc1C1(CN)CC1. The van der Waals surface area contributed by atoms with Crippen LogP contribution >= 0.6 is 15.9 Å². The van der Waals surface area contributed by atoms with Gasteiger partial charge in [0.2, 0.25) is 0 Å². The minimum Gasteiger partial charge on any atom is -0.507 e. The van der Waals surface area contributed by atoms with Gasteiger partial charge in [0, 0.05) is 12.0 Å². The number of hydrogen-bond donors (Lipinski definition) is 2. The van der Waals surface area contributed by atoms with E-state index in [1.54, 1.807) is 0 Å². The Morgan fingerprint density at radius 1 is 1.50 bits per heavy atom. The molecule has 1 aliphatic rings. The molecule has 0 aliphatic heterocycles. The Labute approximate surface area is 92.3 Å². The number of aromatic hydroxyl groups is 1. The largest absolute Gasteiger partial charge is 0.507 e. The fourth-order valence-corrected chi connectivity index (χ4v) is 2.42. The van der Waals surface area contributed by atoms with Gasteiger partial charge in [-0.1, -0.05) is 0 Å². The first-order chi connectivity index (χ1) is 6.59. The first-order valence-electron chi connectivity index (χ1n) is 4.79. The molecule has 0 spiro atoms. The molecule has 1 fully saturated rings. The van der Waals surface area contributed by atoms with Crippen LogP contribution in [-0.2, 0) is 5.41 Å². The van der Waals surface area contributed by atoms with Crippen LogP contribution in [0, 0.1) is 6.92 Å². The summed E-state index contributed by atoms with van der Waals surface area (Å²) in [5.74, 6) is 0.310. The van der Waals surface area contributed by atoms with Crippen LogP contribution < -0.4 is 5.73 Å². The van der Waals surface area contributed by atoms with Crippen molar-refractivity contribution in [1.82, 2.24) is 0 Å². The Balaban J connectivity index is 2.49. The lowest BCUT2D eigenvalue weighted by molar-refractivity contribution is 0.469. The van der Waals surface area contributed by atoms with Crippen molar-refractivity contribution < 1.29 is 5.11 Å². The van der Waals surface area contributed by atoms with Crippen molar-refractivity contribution in [2.75, 3.05) is 6.54 Å². The van der Waals surface area contributed by atoms with Crippen LogP contribution in [0.15, 0.2) is 16.6 Å². The number of benzene rings is 1. The summed E-state index contributed by atoms with van der Waals surface area (Å²) in [5, 5.41) is 9.62. The number of hydrogen-bond acceptors (Lipinski definition) is 2. The summed E-state index contributed by atoms with van der Waals surface area (Å²) in [5.41, 5.74) is 8.33. The van der Waals surface area contributed by atoms with E-state index in [1.807, 2.05) is 12.1 Å². The van der Waals surface area contributed by atoms with Crippen LogP contribution in [0.5, 0.6) is 5.75 Å². The van der Waals surface area contributed by atoms with Crippen molar-refractivity contribution in [2.45, 2.75) is 25.2 Å². The van der Waals surface area contributed by atoms with Gasteiger partial charge in [0.1, 0.15) is 5.75 Å². The second kappa shape index (κ2) is 3.24. The quantitative estimate of drug-likeness (QED) is 0.853. The van der Waals surface area contributed by atoms with Crippen LogP contribution in [0.3, 0.4) is 0 Å². The molecule has 0 bridgehead atoms. The fraction of sp³-hybridized carbons (Fsp3) is 0.455. The number of aryl methyl sites for hydroxylation is 1. The molecule has 0 heterocycles. The molecule has 1 saturated carbocycles. The summed E-state index contributed by atoms with van der Waals surface area (Å²) in [7, 11) is 0. The lowest BCUT2D eigenvalue weighted by Crippen LogP contribution is -2.20. The highest BCUT2D eigenvalue weighted by Crippen LogP contribution is 2.49. The van der Waals surface area contributed by atoms with E-state index in [9.17, 15) is 5.11 Å². The molecule has 1 aromatic carbocycles. The predicted molar refractivity (Wildman–Crippen MR) is 60.5 cm³/mol. The van der Waals surface area contributed by atoms with E-state index in [-0.39, 0.29) is 5.41 Å². The molecule has 3 heteroatoms. The summed E-state index contributed by atoms with van der Waals surface area (Å²) in [6.07, 6.45) is 2.29. The Hall–Kier alpha value is -0.540. The van der Waals surface area contributed by atoms with Crippen molar-refractivity contribution >= 4 is 15.9 Å². The molecule has 0 unspecified atom stereocenters. The molecule has 0 amide bonds. The van der Waals surface area contributed by atoms with Crippen molar-refractivity contribution in [1.29, 1.82) is 0 Å². The van der Waals surface area contributed by atoms with Gasteiger partial charge in [0.05, 0.1) is 4.47 Å². The minimum atomic E-state index is 0.155. The summed E-state index contributed by atoms with van der Waals surface area (Å²) in [4.78, 5) is 0. The molecule has 0 atom stereocenters. The number of nitrogens with two attached hydrogens (primary N) is 1. The standard InChI is InChI=1S/C11H14BrNO/c1-7-4-9(12)10(14)5-8(7)11(6-13)2-3-11/h4-5,14H,2-3,6,13H2,1H3. The number of phenolic OH excluding ortho intramolecular Hbond substituents is 1. The lowest BCUT2D eigenvalue weighted by atomic mass is 9.92. The van der Waals surface area contributed by atoms with Crippen LogP contribution in [0.25, 0.3) is 0 Å². The average Bonchev–Trinajstić information content (AvgIpc) is 2.92. The third kappa shape index (κ3) is 1.44. The normalized spacial score (nSPS) is 18.2. The Morgan fingerprint density at radius 3 is 2.64 bits per heavy atom. The van der Waals surface area contributed by atoms with Crippen molar-refractivity contribution in [3.05, 3.63) is 27.7 Å². The molecule has 0 radical (unpaired) electrons. The molecule has 1 aromatic rings. The summed E-state index contributed by atoms with van der Waals surface area (Å²) in [6.45, 7) is 2.74. The Kier molecular flexibility index (Phi) is 2.32. The van der Waals surface area contributed by atoms with Crippen LogP contribution in [0.2, 0.25) is 0 Å². The number of halogens is 1. The topological polar surface area (TPSA) is 46.2 Å². The van der Waals surface area contributed by atoms with Gasteiger partial charge in [0.15, 0.2) is 0 Å². The van der Waals surface area contributed by atoms with E-state index in [1.165, 1.54) is 11.1 Å². The highest BCUT2D eigenvalue weighted by Gasteiger charge is 2.44. The van der Waals surface area contributed by atoms with E-state index in [0.717, 1.165) is 17.3 Å². The second-order valence-electron chi connectivity index (χ2n) is 4.10. The van der Waals surface area contributed by atoms with E-state index in [4.69, 9.17) is 5.73 Å². The van der Waals surface area contributed by atoms with Gasteiger partial charge in [-0.25, -0.2) is 0 Å². The average molecular weight is 256 g/mol.